The minimum absolute atomic E-state index is 0.491. The monoisotopic (exact) mass is 407 g/mol. The molecule has 1 N–H and O–H groups in total. The van der Waals surface area contributed by atoms with Gasteiger partial charge in [0.1, 0.15) is 10.8 Å². The minimum Gasteiger partial charge on any atom is -0.269 e. The molecule has 0 atom stereocenters. The zero-order valence-corrected chi connectivity index (χ0v) is 15.0. The van der Waals surface area contributed by atoms with Crippen molar-refractivity contribution in [3.8, 4) is 0 Å². The van der Waals surface area contributed by atoms with Crippen molar-refractivity contribution in [2.45, 2.75) is 4.90 Å². The molecule has 1 heterocycles. The zero-order chi connectivity index (χ0) is 19.6. The van der Waals surface area contributed by atoms with Gasteiger partial charge in [0.2, 0.25) is 0 Å². The lowest BCUT2D eigenvalue weighted by molar-refractivity contribution is -0.385. The summed E-state index contributed by atoms with van der Waals surface area (Å²) in [4.78, 5) is 25.2. The maximum atomic E-state index is 13.4. The lowest BCUT2D eigenvalue weighted by atomic mass is 10.3. The largest absolute Gasteiger partial charge is 0.273 e. The zero-order valence-electron chi connectivity index (χ0n) is 13.3. The summed E-state index contributed by atoms with van der Waals surface area (Å²) >= 11 is 1.31. The van der Waals surface area contributed by atoms with E-state index in [0.717, 1.165) is 16.3 Å². The highest BCUT2D eigenvalue weighted by molar-refractivity contribution is 7.90. The highest BCUT2D eigenvalue weighted by Crippen LogP contribution is 2.22. The third-order valence-corrected chi connectivity index (χ3v) is 5.63. The second kappa shape index (κ2) is 7.21. The first-order valence-corrected chi connectivity index (χ1v) is 9.60. The second-order valence-corrected chi connectivity index (χ2v) is 7.97. The number of nitrogens with one attached hydrogen (secondary N) is 1. The average molecular weight is 407 g/mol. The van der Waals surface area contributed by atoms with Crippen molar-refractivity contribution in [1.29, 1.82) is 0 Å². The first-order chi connectivity index (χ1) is 12.7. The Hall–Kier alpha value is -3.18. The van der Waals surface area contributed by atoms with Crippen LogP contribution in [0.4, 0.5) is 10.1 Å². The van der Waals surface area contributed by atoms with Gasteiger partial charge in [-0.3, -0.25) is 14.9 Å². The minimum atomic E-state index is -4.48. The first kappa shape index (κ1) is 18.6. The molecule has 3 rings (SSSR count). The van der Waals surface area contributed by atoms with Crippen LogP contribution in [0.2, 0.25) is 0 Å². The van der Waals surface area contributed by atoms with Crippen LogP contribution in [-0.2, 0) is 14.8 Å². The summed E-state index contributed by atoms with van der Waals surface area (Å²) in [6, 6.07) is 9.12. The summed E-state index contributed by atoms with van der Waals surface area (Å²) < 4.78 is 40.3. The number of fused-ring (bicyclic) bond motifs is 1. The van der Waals surface area contributed by atoms with Crippen molar-refractivity contribution in [3.63, 3.8) is 0 Å². The molecule has 0 aliphatic heterocycles. The van der Waals surface area contributed by atoms with Gasteiger partial charge in [-0.25, -0.2) is 22.5 Å². The molecule has 1 amide bonds. The maximum Gasteiger partial charge on any atom is 0.273 e. The summed E-state index contributed by atoms with van der Waals surface area (Å²) in [6.45, 7) is 0. The topological polar surface area (TPSA) is 119 Å². The SMILES string of the molecule is O=C(/C=C/c1nc2ccccc2s1)NS(=O)(=O)c1cc(F)cc([N+](=O)[O-])c1. The predicted molar refractivity (Wildman–Crippen MR) is 97.0 cm³/mol. The Balaban J connectivity index is 1.79. The van der Waals surface area contributed by atoms with Gasteiger partial charge in [-0.2, -0.15) is 0 Å². The van der Waals surface area contributed by atoms with Crippen molar-refractivity contribution in [3.05, 3.63) is 69.5 Å². The molecule has 27 heavy (non-hydrogen) atoms. The van der Waals surface area contributed by atoms with E-state index in [0.29, 0.717) is 23.2 Å². The molecular weight excluding hydrogens is 397 g/mol. The molecule has 11 heteroatoms. The van der Waals surface area contributed by atoms with E-state index in [1.54, 1.807) is 10.8 Å². The van der Waals surface area contributed by atoms with Gasteiger partial charge in [-0.05, 0) is 24.3 Å². The number of aromatic nitrogens is 1. The number of benzene rings is 2. The van der Waals surface area contributed by atoms with Crippen LogP contribution >= 0.6 is 11.3 Å². The number of halogens is 1. The third kappa shape index (κ3) is 4.33. The number of thiazole rings is 1. The number of nitrogens with zero attached hydrogens (tertiary/aromatic N) is 2. The molecule has 0 radical (unpaired) electrons. The van der Waals surface area contributed by atoms with Gasteiger partial charge in [0.05, 0.1) is 26.1 Å². The Morgan fingerprint density at radius 3 is 2.70 bits per heavy atom. The van der Waals surface area contributed by atoms with Crippen molar-refractivity contribution >= 4 is 49.2 Å². The third-order valence-electron chi connectivity index (χ3n) is 3.30. The summed E-state index contributed by atoms with van der Waals surface area (Å²) in [6.07, 6.45) is 2.30. The van der Waals surface area contributed by atoms with Gasteiger partial charge in [0.15, 0.2) is 0 Å². The van der Waals surface area contributed by atoms with Crippen LogP contribution in [0.1, 0.15) is 5.01 Å². The van der Waals surface area contributed by atoms with E-state index in [-0.39, 0.29) is 0 Å². The second-order valence-electron chi connectivity index (χ2n) is 5.23. The van der Waals surface area contributed by atoms with E-state index >= 15 is 0 Å². The van der Waals surface area contributed by atoms with Crippen LogP contribution in [0.3, 0.4) is 0 Å². The fourth-order valence-electron chi connectivity index (χ4n) is 2.14. The highest BCUT2D eigenvalue weighted by Gasteiger charge is 2.21. The fraction of sp³-hybridized carbons (Fsp3) is 0. The van der Waals surface area contributed by atoms with Crippen molar-refractivity contribution in [1.82, 2.24) is 9.71 Å². The molecule has 2 aromatic carbocycles. The summed E-state index contributed by atoms with van der Waals surface area (Å²) in [7, 11) is -4.48. The van der Waals surface area contributed by atoms with Gasteiger partial charge < -0.3 is 0 Å². The number of hydrogen-bond acceptors (Lipinski definition) is 7. The number of nitro groups is 1. The first-order valence-electron chi connectivity index (χ1n) is 7.30. The number of sulfonamides is 1. The van der Waals surface area contributed by atoms with Gasteiger partial charge >= 0.3 is 0 Å². The molecule has 0 spiro atoms. The van der Waals surface area contributed by atoms with Crippen LogP contribution in [0.5, 0.6) is 0 Å². The van der Waals surface area contributed by atoms with Crippen LogP contribution in [0.25, 0.3) is 16.3 Å². The van der Waals surface area contributed by atoms with Crippen molar-refractivity contribution < 1.29 is 22.5 Å². The maximum absolute atomic E-state index is 13.4. The number of hydrogen-bond donors (Lipinski definition) is 1. The molecule has 138 valence electrons. The Kier molecular flexibility index (Phi) is 4.97. The molecule has 0 unspecified atom stereocenters. The molecule has 0 fully saturated rings. The molecule has 0 aliphatic rings. The van der Waals surface area contributed by atoms with Crippen LogP contribution < -0.4 is 4.72 Å². The number of rotatable bonds is 5. The van der Waals surface area contributed by atoms with Crippen molar-refractivity contribution in [2.75, 3.05) is 0 Å². The Bertz CT molecular complexity index is 1150. The molecule has 8 nitrogen and oxygen atoms in total. The molecule has 0 aliphatic carbocycles. The van der Waals surface area contributed by atoms with E-state index < -0.39 is 37.3 Å². The van der Waals surface area contributed by atoms with E-state index in [9.17, 15) is 27.7 Å². The summed E-state index contributed by atoms with van der Waals surface area (Å²) in [5.41, 5.74) is -0.00454. The molecule has 3 aromatic rings. The van der Waals surface area contributed by atoms with Gasteiger partial charge in [0, 0.05) is 12.1 Å². The van der Waals surface area contributed by atoms with Crippen molar-refractivity contribution in [2.24, 2.45) is 0 Å². The Labute approximate surface area is 156 Å². The molecule has 1 aromatic heterocycles. The number of carbonyl (C=O) groups excluding carboxylic acids is 1. The summed E-state index contributed by atoms with van der Waals surface area (Å²) in [5, 5.41) is 11.2. The molecule has 0 saturated carbocycles. The Morgan fingerprint density at radius 2 is 2.00 bits per heavy atom. The molecule has 0 saturated heterocycles. The Morgan fingerprint density at radius 1 is 1.26 bits per heavy atom. The number of non-ortho nitro benzene ring substituents is 1. The number of amides is 1. The highest BCUT2D eigenvalue weighted by atomic mass is 32.2. The standard InChI is InChI=1S/C16H10FN3O5S2/c17-10-7-11(20(22)23)9-12(8-10)27(24,25)19-15(21)5-6-16-18-13-3-1-2-4-14(13)26-16/h1-9H,(H,19,21)/b6-5+. The quantitative estimate of drug-likeness (QED) is 0.395. The van der Waals surface area contributed by atoms with E-state index in [4.69, 9.17) is 0 Å². The number of nitro benzene ring substituents is 1. The van der Waals surface area contributed by atoms with Gasteiger partial charge in [-0.1, -0.05) is 12.1 Å². The van der Waals surface area contributed by atoms with Gasteiger partial charge in [0.25, 0.3) is 21.6 Å². The molecule has 0 bridgehead atoms. The lowest BCUT2D eigenvalue weighted by Gasteiger charge is -2.05. The normalized spacial score (nSPS) is 11.7. The lowest BCUT2D eigenvalue weighted by Crippen LogP contribution is -2.29. The average Bonchev–Trinajstić information content (AvgIpc) is 3.02. The number of para-hydroxylation sites is 1. The fourth-order valence-corrected chi connectivity index (χ4v) is 4.01. The number of carbonyl (C=O) groups is 1. The van der Waals surface area contributed by atoms with E-state index in [2.05, 4.69) is 4.98 Å². The van der Waals surface area contributed by atoms with Gasteiger partial charge in [-0.15, -0.1) is 11.3 Å². The summed E-state index contributed by atoms with van der Waals surface area (Å²) in [5.74, 6) is -2.11. The van der Waals surface area contributed by atoms with E-state index in [1.807, 2.05) is 18.2 Å². The van der Waals surface area contributed by atoms with Crippen LogP contribution in [0.15, 0.2) is 53.4 Å². The molecular formula is C16H10FN3O5S2. The van der Waals surface area contributed by atoms with Crippen LogP contribution in [-0.4, -0.2) is 24.2 Å². The predicted octanol–water partition coefficient (Wildman–Crippen LogP) is 2.86. The smallest absolute Gasteiger partial charge is 0.269 e. The van der Waals surface area contributed by atoms with Crippen LogP contribution in [0, 0.1) is 15.9 Å². The van der Waals surface area contributed by atoms with E-state index in [1.165, 1.54) is 17.4 Å².